The third-order valence-electron chi connectivity index (χ3n) is 6.84. The summed E-state index contributed by atoms with van der Waals surface area (Å²) in [5.41, 5.74) is 9.55. The van der Waals surface area contributed by atoms with Crippen LogP contribution in [0.4, 0.5) is 4.39 Å². The molecule has 0 aromatic heterocycles. The molecule has 0 bridgehead atoms. The van der Waals surface area contributed by atoms with Gasteiger partial charge >= 0.3 is 0 Å². The van der Waals surface area contributed by atoms with E-state index in [-0.39, 0.29) is 16.6 Å². The highest BCUT2D eigenvalue weighted by atomic mass is 19.1. The van der Waals surface area contributed by atoms with Crippen LogP contribution in [0.3, 0.4) is 0 Å². The van der Waals surface area contributed by atoms with E-state index in [1.165, 1.54) is 22.3 Å². The summed E-state index contributed by atoms with van der Waals surface area (Å²) in [5.74, 6) is -0.142. The van der Waals surface area contributed by atoms with Crippen LogP contribution in [0.25, 0.3) is 33.4 Å². The van der Waals surface area contributed by atoms with E-state index in [2.05, 4.69) is 95.3 Å². The van der Waals surface area contributed by atoms with E-state index in [0.717, 1.165) is 27.8 Å². The van der Waals surface area contributed by atoms with Gasteiger partial charge in [0.25, 0.3) is 0 Å². The molecule has 4 aromatic carbocycles. The molecule has 0 saturated heterocycles. The Bertz CT molecular complexity index is 1320. The van der Waals surface area contributed by atoms with Gasteiger partial charge < -0.3 is 0 Å². The van der Waals surface area contributed by atoms with Crippen molar-refractivity contribution in [2.45, 2.75) is 45.4 Å². The van der Waals surface area contributed by atoms with Crippen LogP contribution >= 0.6 is 0 Å². The first-order valence-corrected chi connectivity index (χ1v) is 11.3. The molecule has 32 heavy (non-hydrogen) atoms. The third-order valence-corrected chi connectivity index (χ3v) is 6.84. The van der Waals surface area contributed by atoms with Gasteiger partial charge in [-0.05, 0) is 62.1 Å². The van der Waals surface area contributed by atoms with Gasteiger partial charge in [-0.15, -0.1) is 0 Å². The Morgan fingerprint density at radius 3 is 1.97 bits per heavy atom. The fraction of sp³-hybridized carbons (Fsp3) is 0.226. The van der Waals surface area contributed by atoms with Crippen molar-refractivity contribution in [1.29, 1.82) is 0 Å². The molecule has 0 N–H and O–H groups in total. The largest absolute Gasteiger partial charge is 0.207 e. The number of benzene rings is 4. The third kappa shape index (κ3) is 3.11. The van der Waals surface area contributed by atoms with Crippen LogP contribution in [0.2, 0.25) is 0 Å². The number of hydrogen-bond acceptors (Lipinski definition) is 0. The molecular weight excluding hydrogens is 391 g/mol. The highest BCUT2D eigenvalue weighted by Gasteiger charge is 2.36. The van der Waals surface area contributed by atoms with Crippen molar-refractivity contribution < 1.29 is 4.39 Å². The van der Waals surface area contributed by atoms with Crippen molar-refractivity contribution in [3.63, 3.8) is 0 Å². The molecule has 4 aromatic rings. The van der Waals surface area contributed by atoms with E-state index in [0.29, 0.717) is 0 Å². The van der Waals surface area contributed by atoms with Gasteiger partial charge in [0.15, 0.2) is 0 Å². The number of hydrogen-bond donors (Lipinski definition) is 0. The van der Waals surface area contributed by atoms with E-state index >= 15 is 4.39 Å². The fourth-order valence-electron chi connectivity index (χ4n) is 5.36. The van der Waals surface area contributed by atoms with Crippen molar-refractivity contribution in [3.8, 4) is 33.4 Å². The minimum Gasteiger partial charge on any atom is -0.207 e. The molecule has 0 radical (unpaired) electrons. The molecule has 0 amide bonds. The average molecular weight is 421 g/mol. The lowest BCUT2D eigenvalue weighted by Crippen LogP contribution is -2.16. The quantitative estimate of drug-likeness (QED) is 0.304. The number of halogens is 1. The Balaban J connectivity index is 1.82. The van der Waals surface area contributed by atoms with Gasteiger partial charge in [-0.25, -0.2) is 4.39 Å². The second-order valence-corrected chi connectivity index (χ2v) is 10.4. The molecule has 0 fully saturated rings. The van der Waals surface area contributed by atoms with Crippen LogP contribution in [0.15, 0.2) is 84.9 Å². The molecular formula is C31H29F. The van der Waals surface area contributed by atoms with E-state index in [4.69, 9.17) is 0 Å². The fourth-order valence-corrected chi connectivity index (χ4v) is 5.36. The van der Waals surface area contributed by atoms with E-state index in [1.54, 1.807) is 6.07 Å². The first-order valence-electron chi connectivity index (χ1n) is 11.3. The van der Waals surface area contributed by atoms with Crippen molar-refractivity contribution in [2.75, 3.05) is 0 Å². The summed E-state index contributed by atoms with van der Waals surface area (Å²) in [6, 6.07) is 29.2. The molecule has 0 nitrogen and oxygen atoms in total. The SMILES string of the molecule is CC(C)(C)c1c(F)cc(-c2cccc3c2-c2ccccc2C3(C)C)cc1-c1ccccc1. The molecule has 0 unspecified atom stereocenters. The summed E-state index contributed by atoms with van der Waals surface area (Å²) in [6.07, 6.45) is 0. The molecule has 1 heteroatoms. The van der Waals surface area contributed by atoms with E-state index in [9.17, 15) is 0 Å². The molecule has 0 heterocycles. The van der Waals surface area contributed by atoms with Crippen molar-refractivity contribution in [2.24, 2.45) is 0 Å². The van der Waals surface area contributed by atoms with Crippen molar-refractivity contribution in [3.05, 3.63) is 107 Å². The second kappa shape index (κ2) is 7.17. The Morgan fingerprint density at radius 1 is 0.625 bits per heavy atom. The predicted molar refractivity (Wildman–Crippen MR) is 134 cm³/mol. The Hall–Kier alpha value is -3.19. The molecule has 160 valence electrons. The molecule has 0 saturated carbocycles. The van der Waals surface area contributed by atoms with Crippen LogP contribution in [0, 0.1) is 5.82 Å². The smallest absolute Gasteiger partial charge is 0.128 e. The minimum absolute atomic E-state index is 0.0753. The standard InChI is InChI=1S/C31H29F/c1-30(2,3)29-24(20-12-7-6-8-13-20)18-21(19-27(29)32)22-15-11-17-26-28(22)23-14-9-10-16-25(23)31(26,4)5/h6-19H,1-5H3. The lowest BCUT2D eigenvalue weighted by atomic mass is 9.79. The molecule has 1 aliphatic rings. The topological polar surface area (TPSA) is 0 Å². The zero-order valence-corrected chi connectivity index (χ0v) is 19.5. The van der Waals surface area contributed by atoms with Gasteiger partial charge in [-0.2, -0.15) is 0 Å². The van der Waals surface area contributed by atoms with Gasteiger partial charge in [0.2, 0.25) is 0 Å². The summed E-state index contributed by atoms with van der Waals surface area (Å²) in [4.78, 5) is 0. The Labute approximate surface area is 190 Å². The molecule has 5 rings (SSSR count). The van der Waals surface area contributed by atoms with Gasteiger partial charge in [-0.1, -0.05) is 107 Å². The van der Waals surface area contributed by atoms with Crippen molar-refractivity contribution >= 4 is 0 Å². The molecule has 0 atom stereocenters. The summed E-state index contributed by atoms with van der Waals surface area (Å²) >= 11 is 0. The lowest BCUT2D eigenvalue weighted by molar-refractivity contribution is 0.525. The molecule has 0 spiro atoms. The van der Waals surface area contributed by atoms with Crippen LogP contribution in [0.5, 0.6) is 0 Å². The first-order chi connectivity index (χ1) is 15.2. The van der Waals surface area contributed by atoms with E-state index in [1.807, 2.05) is 18.2 Å². The van der Waals surface area contributed by atoms with Crippen LogP contribution in [-0.4, -0.2) is 0 Å². The highest BCUT2D eigenvalue weighted by Crippen LogP contribution is 2.52. The van der Waals surface area contributed by atoms with Crippen LogP contribution in [-0.2, 0) is 10.8 Å². The maximum atomic E-state index is 15.8. The first kappa shape index (κ1) is 20.7. The Kier molecular flexibility index (Phi) is 4.64. The maximum absolute atomic E-state index is 15.8. The zero-order chi connectivity index (χ0) is 22.7. The van der Waals surface area contributed by atoms with Gasteiger partial charge in [0, 0.05) is 11.0 Å². The molecule has 0 aliphatic heterocycles. The van der Waals surface area contributed by atoms with Gasteiger partial charge in [0.1, 0.15) is 5.82 Å². The van der Waals surface area contributed by atoms with Crippen LogP contribution in [0.1, 0.15) is 51.3 Å². The zero-order valence-electron chi connectivity index (χ0n) is 19.5. The van der Waals surface area contributed by atoms with Crippen LogP contribution < -0.4 is 0 Å². The highest BCUT2D eigenvalue weighted by molar-refractivity contribution is 5.93. The monoisotopic (exact) mass is 420 g/mol. The molecule has 1 aliphatic carbocycles. The van der Waals surface area contributed by atoms with Gasteiger partial charge in [-0.3, -0.25) is 0 Å². The summed E-state index contributed by atoms with van der Waals surface area (Å²) in [5, 5.41) is 0. The van der Waals surface area contributed by atoms with E-state index < -0.39 is 0 Å². The Morgan fingerprint density at radius 2 is 1.25 bits per heavy atom. The average Bonchev–Trinajstić information content (AvgIpc) is 3.00. The van der Waals surface area contributed by atoms with Gasteiger partial charge in [0.05, 0.1) is 0 Å². The lowest BCUT2D eigenvalue weighted by Gasteiger charge is -2.25. The predicted octanol–water partition coefficient (Wildman–Crippen LogP) is 8.76. The summed E-state index contributed by atoms with van der Waals surface area (Å²) in [7, 11) is 0. The normalized spacial score (nSPS) is 14.2. The second-order valence-electron chi connectivity index (χ2n) is 10.4. The number of rotatable bonds is 2. The summed E-state index contributed by atoms with van der Waals surface area (Å²) in [6.45, 7) is 10.8. The summed E-state index contributed by atoms with van der Waals surface area (Å²) < 4.78 is 15.8. The maximum Gasteiger partial charge on any atom is 0.128 e. The number of fused-ring (bicyclic) bond motifs is 3. The minimum atomic E-state index is -0.305. The van der Waals surface area contributed by atoms with Crippen molar-refractivity contribution in [1.82, 2.24) is 0 Å².